The van der Waals surface area contributed by atoms with Crippen molar-refractivity contribution in [1.29, 1.82) is 0 Å². The Kier molecular flexibility index (Phi) is 2.48. The van der Waals surface area contributed by atoms with E-state index < -0.39 is 31.9 Å². The minimum atomic E-state index is -3.02. The standard InChI is InChI=1S/C19H18N2O5/c1-20-11-14(16-10-15(21(23)24)6-7-17(16)20)8-12-4-5-13(19(22)26-3)9-18(12)25-2/h4-7,9-11H,8H2,1-3H3/i1D3,2D3,3D3. The molecule has 0 unspecified atom stereocenters. The zero-order chi connectivity index (χ0) is 26.3. The molecular formula is C19H18N2O5. The van der Waals surface area contributed by atoms with Crippen LogP contribution in [0.1, 0.15) is 33.8 Å². The van der Waals surface area contributed by atoms with Gasteiger partial charge in [0, 0.05) is 46.7 Å². The summed E-state index contributed by atoms with van der Waals surface area (Å²) in [5.41, 5.74) is 0.144. The molecule has 1 heterocycles. The van der Waals surface area contributed by atoms with Crippen molar-refractivity contribution in [3.63, 3.8) is 0 Å². The number of carbonyl (C=O) groups excluding carboxylic acids is 1. The number of non-ortho nitro benzene ring substituents is 1. The van der Waals surface area contributed by atoms with Crippen molar-refractivity contribution < 1.29 is 31.5 Å². The van der Waals surface area contributed by atoms with E-state index in [0.717, 1.165) is 10.6 Å². The average molecular weight is 363 g/mol. The molecule has 0 N–H and O–H groups in total. The molecule has 0 spiro atoms. The normalized spacial score (nSPS) is 17.3. The maximum Gasteiger partial charge on any atom is 0.337 e. The SMILES string of the molecule is [2H]C([2H])([2H])OC(=O)c1ccc(Cc2cn(C([2H])([2H])[2H])c3ccc([N+](=O)[O-])cc23)c(OC([2H])([2H])[2H])c1. The van der Waals surface area contributed by atoms with E-state index in [1.807, 2.05) is 0 Å². The molecule has 0 saturated heterocycles. The number of ether oxygens (including phenoxy) is 2. The molecule has 7 heteroatoms. The van der Waals surface area contributed by atoms with E-state index in [1.165, 1.54) is 36.5 Å². The van der Waals surface area contributed by atoms with Gasteiger partial charge in [-0.25, -0.2) is 4.79 Å². The third-order valence-corrected chi connectivity index (χ3v) is 3.97. The summed E-state index contributed by atoms with van der Waals surface area (Å²) in [6, 6.07) is 7.18. The second-order valence-corrected chi connectivity index (χ2v) is 5.47. The van der Waals surface area contributed by atoms with Crippen LogP contribution in [0, 0.1) is 10.1 Å². The molecule has 0 fully saturated rings. The Morgan fingerprint density at radius 2 is 2.12 bits per heavy atom. The molecule has 26 heavy (non-hydrogen) atoms. The number of hydrogen-bond acceptors (Lipinski definition) is 5. The van der Waals surface area contributed by atoms with Crippen molar-refractivity contribution in [3.05, 3.63) is 69.4 Å². The molecule has 0 aliphatic heterocycles. The van der Waals surface area contributed by atoms with E-state index in [2.05, 4.69) is 4.74 Å². The van der Waals surface area contributed by atoms with Gasteiger partial charge >= 0.3 is 5.97 Å². The Hall–Kier alpha value is -3.35. The Labute approximate surface area is 162 Å². The third-order valence-electron chi connectivity index (χ3n) is 3.97. The summed E-state index contributed by atoms with van der Waals surface area (Å²) in [6.45, 7) is -2.60. The Morgan fingerprint density at radius 3 is 2.85 bits per heavy atom. The lowest BCUT2D eigenvalue weighted by molar-refractivity contribution is -0.384. The van der Waals surface area contributed by atoms with Crippen LogP contribution in [0.5, 0.6) is 5.75 Å². The fourth-order valence-corrected chi connectivity index (χ4v) is 2.73. The number of nitro benzene ring substituents is 1. The maximum atomic E-state index is 12.1. The van der Waals surface area contributed by atoms with Gasteiger partial charge in [-0.15, -0.1) is 0 Å². The lowest BCUT2D eigenvalue weighted by Gasteiger charge is -2.10. The molecule has 134 valence electrons. The lowest BCUT2D eigenvalue weighted by Crippen LogP contribution is -2.03. The number of rotatable bonds is 5. The zero-order valence-electron chi connectivity index (χ0n) is 22.2. The maximum absolute atomic E-state index is 12.1. The number of fused-ring (bicyclic) bond motifs is 1. The summed E-state index contributed by atoms with van der Waals surface area (Å²) in [4.78, 5) is 22.7. The van der Waals surface area contributed by atoms with Gasteiger partial charge in [-0.3, -0.25) is 10.1 Å². The Bertz CT molecular complexity index is 1290. The van der Waals surface area contributed by atoms with Crippen LogP contribution < -0.4 is 4.74 Å². The predicted molar refractivity (Wildman–Crippen MR) is 96.7 cm³/mol. The fourth-order valence-electron chi connectivity index (χ4n) is 2.73. The number of esters is 1. The molecule has 7 nitrogen and oxygen atoms in total. The molecular weight excluding hydrogens is 336 g/mol. The average Bonchev–Trinajstić information content (AvgIpc) is 3.05. The molecule has 3 aromatic rings. The molecule has 0 amide bonds. The Balaban J connectivity index is 2.13. The Morgan fingerprint density at radius 1 is 1.23 bits per heavy atom. The third kappa shape index (κ3) is 3.11. The quantitative estimate of drug-likeness (QED) is 0.394. The first-order chi connectivity index (χ1) is 15.9. The van der Waals surface area contributed by atoms with Crippen LogP contribution in [0.4, 0.5) is 5.69 Å². The molecule has 1 aromatic heterocycles. The number of benzene rings is 2. The second-order valence-electron chi connectivity index (χ2n) is 5.47. The lowest BCUT2D eigenvalue weighted by atomic mass is 10.0. The van der Waals surface area contributed by atoms with Gasteiger partial charge in [0.1, 0.15) is 5.75 Å². The van der Waals surface area contributed by atoms with Gasteiger partial charge in [0.05, 0.1) is 32.8 Å². The van der Waals surface area contributed by atoms with Crippen molar-refractivity contribution in [2.75, 3.05) is 14.1 Å². The van der Waals surface area contributed by atoms with Crippen molar-refractivity contribution in [1.82, 2.24) is 4.57 Å². The first kappa shape index (κ1) is 9.38. The summed E-state index contributed by atoms with van der Waals surface area (Å²) < 4.78 is 77.0. The summed E-state index contributed by atoms with van der Waals surface area (Å²) >= 11 is 0. The van der Waals surface area contributed by atoms with Crippen molar-refractivity contribution in [2.24, 2.45) is 6.98 Å². The predicted octanol–water partition coefficient (Wildman–Crippen LogP) is 3.47. The number of methoxy groups -OCH3 is 2. The highest BCUT2D eigenvalue weighted by Gasteiger charge is 2.15. The molecule has 0 saturated carbocycles. The van der Waals surface area contributed by atoms with E-state index in [4.69, 9.17) is 17.1 Å². The van der Waals surface area contributed by atoms with E-state index in [0.29, 0.717) is 5.56 Å². The summed E-state index contributed by atoms with van der Waals surface area (Å²) in [5, 5.41) is 11.5. The van der Waals surface area contributed by atoms with E-state index >= 15 is 0 Å². The number of hydrogen-bond donors (Lipinski definition) is 0. The highest BCUT2D eigenvalue weighted by atomic mass is 16.6. The molecule has 0 aliphatic rings. The van der Waals surface area contributed by atoms with Crippen molar-refractivity contribution in [3.8, 4) is 5.75 Å². The minimum Gasteiger partial charge on any atom is -0.496 e. The van der Waals surface area contributed by atoms with E-state index in [1.54, 1.807) is 0 Å². The van der Waals surface area contributed by atoms with Crippen LogP contribution >= 0.6 is 0 Å². The van der Waals surface area contributed by atoms with Crippen molar-refractivity contribution >= 4 is 22.6 Å². The van der Waals surface area contributed by atoms with Crippen LogP contribution in [0.15, 0.2) is 42.6 Å². The number of carbonyl (C=O) groups is 1. The summed E-state index contributed by atoms with van der Waals surface area (Å²) in [5.74, 6) is -1.54. The molecule has 0 atom stereocenters. The highest BCUT2D eigenvalue weighted by molar-refractivity contribution is 5.90. The molecule has 2 aromatic carbocycles. The topological polar surface area (TPSA) is 83.6 Å². The largest absolute Gasteiger partial charge is 0.496 e. The van der Waals surface area contributed by atoms with Gasteiger partial charge in [-0.05, 0) is 29.3 Å². The van der Waals surface area contributed by atoms with E-state index in [-0.39, 0.29) is 39.9 Å². The van der Waals surface area contributed by atoms with Gasteiger partial charge in [0.15, 0.2) is 0 Å². The van der Waals surface area contributed by atoms with Crippen LogP contribution in [-0.2, 0) is 18.1 Å². The summed E-state index contributed by atoms with van der Waals surface area (Å²) in [6.07, 6.45) is 1.15. The first-order valence-corrected chi connectivity index (χ1v) is 7.29. The van der Waals surface area contributed by atoms with Crippen LogP contribution in [0.3, 0.4) is 0 Å². The van der Waals surface area contributed by atoms with Gasteiger partial charge in [-0.2, -0.15) is 0 Å². The van der Waals surface area contributed by atoms with Crippen LogP contribution in [-0.4, -0.2) is 29.5 Å². The minimum absolute atomic E-state index is 0.124. The number of nitrogens with zero attached hydrogens (tertiary/aromatic N) is 2. The van der Waals surface area contributed by atoms with Crippen LogP contribution in [0.2, 0.25) is 0 Å². The molecule has 0 bridgehead atoms. The molecule has 3 rings (SSSR count). The number of aromatic nitrogens is 1. The number of aryl methyl sites for hydroxylation is 1. The molecule has 0 aliphatic carbocycles. The highest BCUT2D eigenvalue weighted by Crippen LogP contribution is 2.30. The second kappa shape index (κ2) is 6.87. The summed E-state index contributed by atoms with van der Waals surface area (Å²) in [7, 11) is -5.96. The van der Waals surface area contributed by atoms with Gasteiger partial charge < -0.3 is 14.0 Å². The van der Waals surface area contributed by atoms with Gasteiger partial charge in [0.25, 0.3) is 5.69 Å². The van der Waals surface area contributed by atoms with E-state index in [9.17, 15) is 14.9 Å². The first-order valence-electron chi connectivity index (χ1n) is 11.8. The van der Waals surface area contributed by atoms with Crippen LogP contribution in [0.25, 0.3) is 10.9 Å². The fraction of sp³-hybridized carbons (Fsp3) is 0.211. The zero-order valence-corrected chi connectivity index (χ0v) is 13.2. The molecule has 0 radical (unpaired) electrons. The van der Waals surface area contributed by atoms with Crippen molar-refractivity contribution in [2.45, 2.75) is 6.42 Å². The van der Waals surface area contributed by atoms with Gasteiger partial charge in [0.2, 0.25) is 0 Å². The monoisotopic (exact) mass is 363 g/mol. The number of nitro groups is 1. The van der Waals surface area contributed by atoms with Gasteiger partial charge in [-0.1, -0.05) is 6.07 Å². The smallest absolute Gasteiger partial charge is 0.337 e.